The molecular weight excluding hydrogens is 182 g/mol. The topological polar surface area (TPSA) is 12.9 Å². The number of alkyl halides is 1. The molecule has 13 heavy (non-hydrogen) atoms. The number of rotatable bonds is 3. The highest BCUT2D eigenvalue weighted by Gasteiger charge is 1.92. The van der Waals surface area contributed by atoms with Crippen LogP contribution in [0.3, 0.4) is 0 Å². The number of aryl methyl sites for hydroxylation is 2. The van der Waals surface area contributed by atoms with Gasteiger partial charge in [-0.3, -0.25) is 4.98 Å². The van der Waals surface area contributed by atoms with Crippen LogP contribution >= 0.6 is 11.6 Å². The molecule has 0 aliphatic rings. The van der Waals surface area contributed by atoms with E-state index < -0.39 is 0 Å². The number of hydrogen-bond acceptors (Lipinski definition) is 1. The third-order valence-corrected chi connectivity index (χ3v) is 1.83. The van der Waals surface area contributed by atoms with Crippen LogP contribution in [0, 0.1) is 19.8 Å². The molecule has 0 fully saturated rings. The first-order valence-electron chi connectivity index (χ1n) is 4.14. The SMILES string of the molecule is C#C.Cc1cc(CCCCl)ccn1. The van der Waals surface area contributed by atoms with Gasteiger partial charge in [-0.05, 0) is 37.5 Å². The highest BCUT2D eigenvalue weighted by Crippen LogP contribution is 2.04. The summed E-state index contributed by atoms with van der Waals surface area (Å²) in [7, 11) is 0. The van der Waals surface area contributed by atoms with Gasteiger partial charge < -0.3 is 0 Å². The number of nitrogens with zero attached hydrogens (tertiary/aromatic N) is 1. The van der Waals surface area contributed by atoms with Gasteiger partial charge in [-0.1, -0.05) is 0 Å². The van der Waals surface area contributed by atoms with Crippen LogP contribution in [0.4, 0.5) is 0 Å². The number of terminal acetylenes is 1. The predicted octanol–water partition coefficient (Wildman–Crippen LogP) is 2.81. The van der Waals surface area contributed by atoms with Gasteiger partial charge in [0, 0.05) is 17.8 Å². The van der Waals surface area contributed by atoms with Gasteiger partial charge in [0.15, 0.2) is 0 Å². The van der Waals surface area contributed by atoms with Crippen molar-refractivity contribution in [3.8, 4) is 12.8 Å². The standard InChI is InChI=1S/C9H12ClN.C2H2/c1-8-7-9(3-2-5-10)4-6-11-8;1-2/h4,6-7H,2-3,5H2,1H3;1-2H. The van der Waals surface area contributed by atoms with Crippen molar-refractivity contribution >= 4 is 11.6 Å². The second kappa shape index (κ2) is 7.64. The normalized spacial score (nSPS) is 8.62. The summed E-state index contributed by atoms with van der Waals surface area (Å²) in [5.74, 6) is 0.737. The summed E-state index contributed by atoms with van der Waals surface area (Å²) in [5.41, 5.74) is 2.41. The van der Waals surface area contributed by atoms with Gasteiger partial charge in [-0.2, -0.15) is 0 Å². The first-order chi connectivity index (χ1) is 6.33. The largest absolute Gasteiger partial charge is 0.262 e. The molecule has 0 spiro atoms. The highest BCUT2D eigenvalue weighted by atomic mass is 35.5. The quantitative estimate of drug-likeness (QED) is 0.534. The monoisotopic (exact) mass is 195 g/mol. The van der Waals surface area contributed by atoms with Crippen LogP contribution in [-0.2, 0) is 6.42 Å². The molecule has 0 saturated carbocycles. The summed E-state index contributed by atoms with van der Waals surface area (Å²) in [5, 5.41) is 0. The van der Waals surface area contributed by atoms with Gasteiger partial charge in [0.1, 0.15) is 0 Å². The molecular formula is C11H14ClN. The van der Waals surface area contributed by atoms with E-state index in [0.717, 1.165) is 24.4 Å². The van der Waals surface area contributed by atoms with E-state index in [9.17, 15) is 0 Å². The Balaban J connectivity index is 0.000000671. The van der Waals surface area contributed by atoms with Crippen molar-refractivity contribution < 1.29 is 0 Å². The molecule has 1 aromatic rings. The average molecular weight is 196 g/mol. The molecule has 1 aromatic heterocycles. The van der Waals surface area contributed by atoms with E-state index in [1.165, 1.54) is 5.56 Å². The van der Waals surface area contributed by atoms with Gasteiger partial charge in [-0.25, -0.2) is 0 Å². The van der Waals surface area contributed by atoms with E-state index in [1.807, 2.05) is 19.2 Å². The van der Waals surface area contributed by atoms with Crippen molar-refractivity contribution in [1.29, 1.82) is 0 Å². The lowest BCUT2D eigenvalue weighted by molar-refractivity contribution is 0.921. The summed E-state index contributed by atoms with van der Waals surface area (Å²) in [6.07, 6.45) is 12.0. The minimum atomic E-state index is 0.737. The molecule has 0 aliphatic carbocycles. The van der Waals surface area contributed by atoms with E-state index in [-0.39, 0.29) is 0 Å². The first kappa shape index (κ1) is 12.0. The number of hydrogen-bond donors (Lipinski definition) is 0. The Bertz CT molecular complexity index is 255. The molecule has 1 rings (SSSR count). The van der Waals surface area contributed by atoms with Crippen LogP contribution in [0.1, 0.15) is 17.7 Å². The van der Waals surface area contributed by atoms with Crippen LogP contribution in [0.5, 0.6) is 0 Å². The van der Waals surface area contributed by atoms with Gasteiger partial charge in [0.05, 0.1) is 0 Å². The Labute approximate surface area is 85.1 Å². The molecule has 1 heterocycles. The fourth-order valence-corrected chi connectivity index (χ4v) is 1.16. The maximum absolute atomic E-state index is 5.58. The maximum Gasteiger partial charge on any atom is 0.0375 e. The number of aromatic nitrogens is 1. The molecule has 2 heteroatoms. The lowest BCUT2D eigenvalue weighted by atomic mass is 10.1. The molecule has 70 valence electrons. The zero-order chi connectivity index (χ0) is 10.1. The zero-order valence-corrected chi connectivity index (χ0v) is 8.59. The zero-order valence-electron chi connectivity index (χ0n) is 7.83. The fourth-order valence-electron chi connectivity index (χ4n) is 1.03. The molecule has 1 nitrogen and oxygen atoms in total. The van der Waals surface area contributed by atoms with Crippen molar-refractivity contribution in [2.24, 2.45) is 0 Å². The Morgan fingerprint density at radius 3 is 2.69 bits per heavy atom. The van der Waals surface area contributed by atoms with Crippen LogP contribution in [0.25, 0.3) is 0 Å². The third kappa shape index (κ3) is 5.27. The Morgan fingerprint density at radius 2 is 2.15 bits per heavy atom. The molecule has 0 aromatic carbocycles. The number of pyridine rings is 1. The lowest BCUT2D eigenvalue weighted by Gasteiger charge is -1.98. The van der Waals surface area contributed by atoms with E-state index in [2.05, 4.69) is 23.9 Å². The minimum absolute atomic E-state index is 0.737. The van der Waals surface area contributed by atoms with E-state index in [0.29, 0.717) is 0 Å². The molecule has 0 saturated heterocycles. The molecule has 0 aliphatic heterocycles. The van der Waals surface area contributed by atoms with E-state index >= 15 is 0 Å². The summed E-state index contributed by atoms with van der Waals surface area (Å²) < 4.78 is 0. The van der Waals surface area contributed by atoms with E-state index in [1.54, 1.807) is 0 Å². The van der Waals surface area contributed by atoms with Crippen LogP contribution in [0.15, 0.2) is 18.3 Å². The van der Waals surface area contributed by atoms with Gasteiger partial charge in [-0.15, -0.1) is 24.4 Å². The van der Waals surface area contributed by atoms with Crippen molar-refractivity contribution in [3.63, 3.8) is 0 Å². The second-order valence-electron chi connectivity index (χ2n) is 2.60. The maximum atomic E-state index is 5.58. The average Bonchev–Trinajstić information content (AvgIpc) is 2.18. The molecule has 0 amide bonds. The summed E-state index contributed by atoms with van der Waals surface area (Å²) in [4.78, 5) is 4.11. The minimum Gasteiger partial charge on any atom is -0.262 e. The van der Waals surface area contributed by atoms with Gasteiger partial charge in [0.2, 0.25) is 0 Å². The predicted molar refractivity (Wildman–Crippen MR) is 57.9 cm³/mol. The highest BCUT2D eigenvalue weighted by molar-refractivity contribution is 6.17. The summed E-state index contributed by atoms with van der Waals surface area (Å²) >= 11 is 5.58. The molecule has 0 radical (unpaired) electrons. The van der Waals surface area contributed by atoms with Crippen molar-refractivity contribution in [2.75, 3.05) is 5.88 Å². The van der Waals surface area contributed by atoms with E-state index in [4.69, 9.17) is 11.6 Å². The summed E-state index contributed by atoms with van der Waals surface area (Å²) in [6.45, 7) is 2.00. The second-order valence-corrected chi connectivity index (χ2v) is 2.98. The van der Waals surface area contributed by atoms with Crippen LogP contribution < -0.4 is 0 Å². The molecule has 0 unspecified atom stereocenters. The first-order valence-corrected chi connectivity index (χ1v) is 4.67. The van der Waals surface area contributed by atoms with Crippen LogP contribution in [-0.4, -0.2) is 10.9 Å². The molecule has 0 bridgehead atoms. The van der Waals surface area contributed by atoms with Gasteiger partial charge >= 0.3 is 0 Å². The van der Waals surface area contributed by atoms with Gasteiger partial charge in [0.25, 0.3) is 0 Å². The summed E-state index contributed by atoms with van der Waals surface area (Å²) in [6, 6.07) is 4.14. The van der Waals surface area contributed by atoms with Crippen molar-refractivity contribution in [3.05, 3.63) is 29.6 Å². The Morgan fingerprint density at radius 1 is 1.46 bits per heavy atom. The molecule has 0 N–H and O–H groups in total. The van der Waals surface area contributed by atoms with Crippen LogP contribution in [0.2, 0.25) is 0 Å². The van der Waals surface area contributed by atoms with Crippen molar-refractivity contribution in [1.82, 2.24) is 4.98 Å². The lowest BCUT2D eigenvalue weighted by Crippen LogP contribution is -1.88. The smallest absolute Gasteiger partial charge is 0.0375 e. The Kier molecular flexibility index (Phi) is 7.05. The number of halogens is 1. The molecule has 0 atom stereocenters. The fraction of sp³-hybridized carbons (Fsp3) is 0.364. The van der Waals surface area contributed by atoms with Crippen molar-refractivity contribution in [2.45, 2.75) is 19.8 Å². The third-order valence-electron chi connectivity index (χ3n) is 1.56. The Hall–Kier alpha value is -1.00.